The van der Waals surface area contributed by atoms with E-state index in [0.29, 0.717) is 10.7 Å². The van der Waals surface area contributed by atoms with Gasteiger partial charge in [0.25, 0.3) is 0 Å². The van der Waals surface area contributed by atoms with Crippen molar-refractivity contribution < 1.29 is 8.42 Å². The van der Waals surface area contributed by atoms with E-state index in [1.165, 1.54) is 22.0 Å². The van der Waals surface area contributed by atoms with E-state index < -0.39 is 16.1 Å². The van der Waals surface area contributed by atoms with E-state index in [1.54, 1.807) is 0 Å². The molecule has 0 amide bonds. The normalized spacial score (nSPS) is 18.1. The lowest BCUT2D eigenvalue weighted by Gasteiger charge is -2.23. The minimum Gasteiger partial charge on any atom is -0.304 e. The van der Waals surface area contributed by atoms with Gasteiger partial charge < -0.3 is 5.43 Å². The maximum absolute atomic E-state index is 12.3. The number of sulfonamides is 1. The van der Waals surface area contributed by atoms with Crippen LogP contribution < -0.4 is 5.43 Å². The van der Waals surface area contributed by atoms with Crippen molar-refractivity contribution in [3.8, 4) is 0 Å². The van der Waals surface area contributed by atoms with E-state index in [1.807, 2.05) is 54.8 Å². The molecule has 1 aromatic carbocycles. The van der Waals surface area contributed by atoms with Crippen LogP contribution in [0.2, 0.25) is 5.15 Å². The van der Waals surface area contributed by atoms with Gasteiger partial charge in [0.15, 0.2) is 0 Å². The number of benzene rings is 1. The van der Waals surface area contributed by atoms with Crippen LogP contribution in [-0.2, 0) is 10.0 Å². The quantitative estimate of drug-likeness (QED) is 0.666. The third kappa shape index (κ3) is 3.01. The summed E-state index contributed by atoms with van der Waals surface area (Å²) in [7, 11) is -3.51. The van der Waals surface area contributed by atoms with Crippen LogP contribution in [0, 0.1) is 6.92 Å². The maximum atomic E-state index is 12.3. The molecule has 0 saturated carbocycles. The Morgan fingerprint density at radius 2 is 2.08 bits per heavy atom. The second-order valence-electron chi connectivity index (χ2n) is 6.19. The first-order chi connectivity index (χ1) is 12.3. The molecule has 0 bridgehead atoms. The van der Waals surface area contributed by atoms with E-state index in [-0.39, 0.29) is 0 Å². The topological polar surface area (TPSA) is 62.3 Å². The molecule has 3 aromatic rings. The number of fused-ring (bicyclic) bond motifs is 1. The molecule has 2 aromatic heterocycles. The van der Waals surface area contributed by atoms with Gasteiger partial charge in [-0.3, -0.25) is 0 Å². The fourth-order valence-corrected chi connectivity index (χ4v) is 4.88. The highest BCUT2D eigenvalue weighted by atomic mass is 35.5. The van der Waals surface area contributed by atoms with Crippen LogP contribution in [0.15, 0.2) is 47.9 Å². The summed E-state index contributed by atoms with van der Waals surface area (Å²) in [6.07, 6.45) is 3.04. The van der Waals surface area contributed by atoms with Crippen LogP contribution >= 0.6 is 22.9 Å². The number of nitrogens with one attached hydrogen (secondary N) is 1. The summed E-state index contributed by atoms with van der Waals surface area (Å²) in [4.78, 5) is 5.47. The molecule has 1 aliphatic heterocycles. The molecule has 1 atom stereocenters. The Hall–Kier alpha value is -1.93. The Morgan fingerprint density at radius 3 is 2.77 bits per heavy atom. The van der Waals surface area contributed by atoms with E-state index in [9.17, 15) is 8.42 Å². The van der Waals surface area contributed by atoms with Crippen molar-refractivity contribution in [2.75, 3.05) is 6.26 Å². The van der Waals surface area contributed by atoms with Gasteiger partial charge >= 0.3 is 0 Å². The predicted molar refractivity (Wildman–Crippen MR) is 106 cm³/mol. The zero-order chi connectivity index (χ0) is 18.5. The number of thiophene rings is 1. The second kappa shape index (κ2) is 6.35. The van der Waals surface area contributed by atoms with Crippen LogP contribution in [-0.4, -0.2) is 24.1 Å². The van der Waals surface area contributed by atoms with Crippen molar-refractivity contribution in [2.24, 2.45) is 0 Å². The largest absolute Gasteiger partial charge is 0.304 e. The Bertz CT molecular complexity index is 1120. The molecule has 1 aliphatic rings. The van der Waals surface area contributed by atoms with E-state index >= 15 is 0 Å². The van der Waals surface area contributed by atoms with Gasteiger partial charge in [-0.15, -0.1) is 15.8 Å². The third-order valence-electron chi connectivity index (χ3n) is 4.30. The number of para-hydroxylation sites is 1. The second-order valence-corrected chi connectivity index (χ2v) is 9.35. The first-order valence-electron chi connectivity index (χ1n) is 7.92. The van der Waals surface area contributed by atoms with Crippen molar-refractivity contribution in [3.05, 3.63) is 69.0 Å². The van der Waals surface area contributed by atoms with Crippen LogP contribution in [0.5, 0.6) is 0 Å². The molecule has 26 heavy (non-hydrogen) atoms. The number of hydrazine groups is 1. The molecule has 134 valence electrons. The summed E-state index contributed by atoms with van der Waals surface area (Å²) in [5, 5.41) is 3.18. The van der Waals surface area contributed by atoms with Crippen LogP contribution in [0.1, 0.15) is 22.0 Å². The standard InChI is InChI=1S/C18H16ClN3O2S2/c1-11-5-3-6-12-9-13(18(19)20-17(11)12)15-10-14(16-7-4-8-25-16)21-22(15)26(2,23)24/h3-10,15,21H,1-2H3/t15-/m1/s1. The highest BCUT2D eigenvalue weighted by Crippen LogP contribution is 2.38. The predicted octanol–water partition coefficient (Wildman–Crippen LogP) is 4.12. The molecule has 8 heteroatoms. The molecule has 3 heterocycles. The van der Waals surface area contributed by atoms with E-state index in [2.05, 4.69) is 10.4 Å². The van der Waals surface area contributed by atoms with Gasteiger partial charge in [-0.05, 0) is 36.1 Å². The Balaban J connectivity index is 1.88. The van der Waals surface area contributed by atoms with Crippen molar-refractivity contribution >= 4 is 49.6 Å². The molecule has 0 radical (unpaired) electrons. The van der Waals surface area contributed by atoms with E-state index in [4.69, 9.17) is 11.6 Å². The number of aromatic nitrogens is 1. The average Bonchev–Trinajstić information content (AvgIpc) is 3.24. The van der Waals surface area contributed by atoms with Crippen molar-refractivity contribution in [3.63, 3.8) is 0 Å². The van der Waals surface area contributed by atoms with Gasteiger partial charge in [-0.1, -0.05) is 35.9 Å². The number of nitrogens with zero attached hydrogens (tertiary/aromatic N) is 2. The Kier molecular flexibility index (Phi) is 4.27. The molecule has 0 aliphatic carbocycles. The third-order valence-corrected chi connectivity index (χ3v) is 6.54. The molecule has 4 rings (SSSR count). The molecule has 0 fully saturated rings. The van der Waals surface area contributed by atoms with Crippen molar-refractivity contribution in [1.82, 2.24) is 14.8 Å². The molecule has 5 nitrogen and oxygen atoms in total. The lowest BCUT2D eigenvalue weighted by molar-refractivity contribution is 0.351. The molecular weight excluding hydrogens is 390 g/mol. The molecule has 0 saturated heterocycles. The summed E-state index contributed by atoms with van der Waals surface area (Å²) in [5.41, 5.74) is 6.24. The highest BCUT2D eigenvalue weighted by Gasteiger charge is 2.35. The van der Waals surface area contributed by atoms with Gasteiger partial charge in [0.2, 0.25) is 10.0 Å². The summed E-state index contributed by atoms with van der Waals surface area (Å²) >= 11 is 7.99. The average molecular weight is 406 g/mol. The smallest absolute Gasteiger partial charge is 0.228 e. The van der Waals surface area contributed by atoms with Crippen LogP contribution in [0.3, 0.4) is 0 Å². The zero-order valence-electron chi connectivity index (χ0n) is 14.1. The fraction of sp³-hybridized carbons (Fsp3) is 0.167. The maximum Gasteiger partial charge on any atom is 0.228 e. The summed E-state index contributed by atoms with van der Waals surface area (Å²) in [6, 6.07) is 11.1. The first kappa shape index (κ1) is 17.5. The summed E-state index contributed by atoms with van der Waals surface area (Å²) < 4.78 is 25.9. The number of hydrogen-bond donors (Lipinski definition) is 1. The fourth-order valence-electron chi connectivity index (χ4n) is 3.07. The summed E-state index contributed by atoms with van der Waals surface area (Å²) in [5.74, 6) is 0. The molecule has 1 N–H and O–H groups in total. The highest BCUT2D eigenvalue weighted by molar-refractivity contribution is 7.88. The molecule has 0 spiro atoms. The Labute approximate surface area is 161 Å². The van der Waals surface area contributed by atoms with Gasteiger partial charge in [0, 0.05) is 10.9 Å². The summed E-state index contributed by atoms with van der Waals surface area (Å²) in [6.45, 7) is 1.97. The Morgan fingerprint density at radius 1 is 1.27 bits per heavy atom. The molecule has 0 unspecified atom stereocenters. The monoisotopic (exact) mass is 405 g/mol. The first-order valence-corrected chi connectivity index (χ1v) is 11.0. The van der Waals surface area contributed by atoms with Crippen LogP contribution in [0.4, 0.5) is 0 Å². The lowest BCUT2D eigenvalue weighted by atomic mass is 10.0. The van der Waals surface area contributed by atoms with Gasteiger partial charge in [-0.25, -0.2) is 13.4 Å². The number of aryl methyl sites for hydroxylation is 1. The van der Waals surface area contributed by atoms with Gasteiger partial charge in [0.1, 0.15) is 5.15 Å². The minimum absolute atomic E-state index is 0.302. The molecular formula is C18H16ClN3O2S2. The van der Waals surface area contributed by atoms with Crippen LogP contribution in [0.25, 0.3) is 16.6 Å². The number of rotatable bonds is 3. The SMILES string of the molecule is Cc1cccc2cc([C@H]3C=C(c4cccs4)NN3S(C)(=O)=O)c(Cl)nc12. The minimum atomic E-state index is -3.51. The van der Waals surface area contributed by atoms with Crippen molar-refractivity contribution in [2.45, 2.75) is 13.0 Å². The zero-order valence-corrected chi connectivity index (χ0v) is 16.5. The van der Waals surface area contributed by atoms with E-state index in [0.717, 1.165) is 27.0 Å². The number of hydrogen-bond acceptors (Lipinski definition) is 5. The van der Waals surface area contributed by atoms with Gasteiger partial charge in [0.05, 0.1) is 28.4 Å². The number of halogens is 1. The lowest BCUT2D eigenvalue weighted by Crippen LogP contribution is -2.38. The number of pyridine rings is 1. The van der Waals surface area contributed by atoms with Gasteiger partial charge in [-0.2, -0.15) is 0 Å². The van der Waals surface area contributed by atoms with Crippen molar-refractivity contribution in [1.29, 1.82) is 0 Å².